The monoisotopic (exact) mass is 638 g/mol. The van der Waals surface area contributed by atoms with Crippen LogP contribution in [-0.4, -0.2) is 19.0 Å². The molecule has 0 amide bonds. The van der Waals surface area contributed by atoms with Crippen LogP contribution in [0, 0.1) is 5.41 Å². The summed E-state index contributed by atoms with van der Waals surface area (Å²) in [5.74, 6) is 2.83. The lowest BCUT2D eigenvalue weighted by molar-refractivity contribution is 0.182. The highest BCUT2D eigenvalue weighted by Gasteiger charge is 2.22. The quantitative estimate of drug-likeness (QED) is 0.0864. The third kappa shape index (κ3) is 10.8. The minimum absolute atomic E-state index is 0.382. The van der Waals surface area contributed by atoms with E-state index < -0.39 is 0 Å². The van der Waals surface area contributed by atoms with Crippen molar-refractivity contribution in [3.63, 3.8) is 0 Å². The van der Waals surface area contributed by atoms with E-state index in [4.69, 9.17) is 22.1 Å². The average Bonchev–Trinajstić information content (AvgIpc) is 3.07. The van der Waals surface area contributed by atoms with Gasteiger partial charge in [-0.15, -0.1) is 24.4 Å². The Labute approximate surface area is 282 Å². The van der Waals surface area contributed by atoms with E-state index in [1.807, 2.05) is 11.8 Å². The van der Waals surface area contributed by atoms with Crippen molar-refractivity contribution >= 4 is 34.2 Å². The lowest BCUT2D eigenvalue weighted by atomic mass is 9.78. The van der Waals surface area contributed by atoms with Gasteiger partial charge in [-0.3, -0.25) is 0 Å². The maximum absolute atomic E-state index is 6.15. The molecule has 4 aromatic carbocycles. The fourth-order valence-electron chi connectivity index (χ4n) is 5.75. The minimum Gasteiger partial charge on any atom is -0.494 e. The number of hydrogen-bond donors (Lipinski definition) is 1. The molecule has 4 rings (SSSR count). The predicted molar refractivity (Wildman–Crippen MR) is 201 cm³/mol. The molecule has 1 unspecified atom stereocenters. The fraction of sp³-hybridized carbons (Fsp3) is 0.366. The van der Waals surface area contributed by atoms with E-state index in [2.05, 4.69) is 131 Å². The van der Waals surface area contributed by atoms with Crippen LogP contribution in [0.25, 0.3) is 20.9 Å². The first kappa shape index (κ1) is 34.8. The third-order valence-corrected chi connectivity index (χ3v) is 10.1. The molecule has 4 aromatic rings. The van der Waals surface area contributed by atoms with E-state index in [0.717, 1.165) is 47.2 Å². The van der Waals surface area contributed by atoms with Crippen LogP contribution >= 0.6 is 24.4 Å². The highest BCUT2D eigenvalue weighted by molar-refractivity contribution is 8.10. The van der Waals surface area contributed by atoms with Gasteiger partial charge in [-0.2, -0.15) is 0 Å². The van der Waals surface area contributed by atoms with Crippen LogP contribution < -0.4 is 9.47 Å². The molecule has 4 heteroatoms. The molecular formula is C41H50O2S2. The molecule has 0 aliphatic carbocycles. The number of thiol groups is 1. The standard InChI is InChI=1S/C41H50O2S2/c1-5-8-28-41(4,27-6-2)29-31-43-38-24-20-34(21-25-38)33-18-22-37(23-19-33)42-30-26-32-14-16-35(17-15-32)39(44)40(45-7-3)36-12-10-9-11-13-36/h9-25,44H,5-8,26-31H2,1-4H3/b40-39-. The number of unbranched alkanes of at least 4 members (excludes halogenated alkanes) is 1. The van der Waals surface area contributed by atoms with Crippen LogP contribution in [-0.2, 0) is 6.42 Å². The number of benzene rings is 4. The lowest BCUT2D eigenvalue weighted by Crippen LogP contribution is -2.19. The van der Waals surface area contributed by atoms with Crippen LogP contribution in [0.4, 0.5) is 0 Å². The highest BCUT2D eigenvalue weighted by Crippen LogP contribution is 2.37. The van der Waals surface area contributed by atoms with E-state index in [1.54, 1.807) is 0 Å². The molecule has 0 aliphatic heterocycles. The van der Waals surface area contributed by atoms with Crippen LogP contribution in [0.3, 0.4) is 0 Å². The van der Waals surface area contributed by atoms with E-state index in [-0.39, 0.29) is 0 Å². The SMILES string of the molecule is CCCCC(C)(CCC)CCOc1ccc(-c2ccc(OCCc3ccc(/C(S)=C(/SCC)c4ccccc4)cc3)cc2)cc1. The Morgan fingerprint density at radius 3 is 1.80 bits per heavy atom. The van der Waals surface area contributed by atoms with E-state index in [0.29, 0.717) is 12.0 Å². The molecular weight excluding hydrogens is 589 g/mol. The van der Waals surface area contributed by atoms with Gasteiger partial charge in [-0.1, -0.05) is 126 Å². The highest BCUT2D eigenvalue weighted by atomic mass is 32.2. The van der Waals surface area contributed by atoms with Crippen molar-refractivity contribution in [3.8, 4) is 22.6 Å². The molecule has 0 heterocycles. The Bertz CT molecular complexity index is 1440. The molecule has 1 atom stereocenters. The summed E-state index contributed by atoms with van der Waals surface area (Å²) in [5.41, 5.74) is 6.33. The Balaban J connectivity index is 1.26. The van der Waals surface area contributed by atoms with Gasteiger partial charge in [0.15, 0.2) is 0 Å². The number of rotatable bonds is 18. The van der Waals surface area contributed by atoms with E-state index >= 15 is 0 Å². The molecule has 0 bridgehead atoms. The molecule has 0 fully saturated rings. The van der Waals surface area contributed by atoms with Crippen molar-refractivity contribution in [3.05, 3.63) is 120 Å². The first-order valence-corrected chi connectivity index (χ1v) is 18.0. The van der Waals surface area contributed by atoms with Crippen LogP contribution in [0.1, 0.15) is 82.9 Å². The zero-order valence-electron chi connectivity index (χ0n) is 27.6. The van der Waals surface area contributed by atoms with Gasteiger partial charge >= 0.3 is 0 Å². The molecule has 0 N–H and O–H groups in total. The molecule has 0 spiro atoms. The van der Waals surface area contributed by atoms with Crippen molar-refractivity contribution in [2.24, 2.45) is 5.41 Å². The number of thioether (sulfide) groups is 1. The molecule has 45 heavy (non-hydrogen) atoms. The Morgan fingerprint density at radius 1 is 0.644 bits per heavy atom. The van der Waals surface area contributed by atoms with Crippen LogP contribution in [0.2, 0.25) is 0 Å². The fourth-order valence-corrected chi connectivity index (χ4v) is 7.07. The van der Waals surface area contributed by atoms with Crippen molar-refractivity contribution in [1.29, 1.82) is 0 Å². The molecule has 2 nitrogen and oxygen atoms in total. The second-order valence-electron chi connectivity index (χ2n) is 12.1. The summed E-state index contributed by atoms with van der Waals surface area (Å²) in [4.78, 5) is 2.24. The molecule has 0 saturated heterocycles. The maximum atomic E-state index is 6.15. The molecule has 0 aromatic heterocycles. The minimum atomic E-state index is 0.382. The lowest BCUT2D eigenvalue weighted by Gasteiger charge is -2.29. The Kier molecular flexibility index (Phi) is 14.0. The second kappa shape index (κ2) is 18.2. The summed E-state index contributed by atoms with van der Waals surface area (Å²) in [6.07, 6.45) is 8.30. The smallest absolute Gasteiger partial charge is 0.119 e. The molecule has 0 saturated carbocycles. The van der Waals surface area contributed by atoms with Gasteiger partial charge in [0.25, 0.3) is 0 Å². The molecule has 238 valence electrons. The summed E-state index contributed by atoms with van der Waals surface area (Å²) in [7, 11) is 0. The van der Waals surface area contributed by atoms with Crippen molar-refractivity contribution < 1.29 is 9.47 Å². The van der Waals surface area contributed by atoms with Gasteiger partial charge in [0.2, 0.25) is 0 Å². The summed E-state index contributed by atoms with van der Waals surface area (Å²) >= 11 is 6.75. The number of ether oxygens (including phenoxy) is 2. The molecule has 0 aliphatic rings. The Hall–Kier alpha value is -3.08. The normalized spacial score (nSPS) is 13.2. The van der Waals surface area contributed by atoms with Gasteiger partial charge in [-0.05, 0) is 82.5 Å². The predicted octanol–water partition coefficient (Wildman–Crippen LogP) is 12.2. The topological polar surface area (TPSA) is 18.5 Å². The van der Waals surface area contributed by atoms with E-state index in [1.165, 1.54) is 59.3 Å². The van der Waals surface area contributed by atoms with Gasteiger partial charge in [0.05, 0.1) is 13.2 Å². The third-order valence-electron chi connectivity index (χ3n) is 8.43. The average molecular weight is 639 g/mol. The van der Waals surface area contributed by atoms with Crippen molar-refractivity contribution in [1.82, 2.24) is 0 Å². The number of hydrogen-bond acceptors (Lipinski definition) is 4. The zero-order chi connectivity index (χ0) is 31.9. The van der Waals surface area contributed by atoms with Crippen molar-refractivity contribution in [2.75, 3.05) is 19.0 Å². The van der Waals surface area contributed by atoms with Gasteiger partial charge < -0.3 is 9.47 Å². The van der Waals surface area contributed by atoms with Crippen LogP contribution in [0.15, 0.2) is 103 Å². The van der Waals surface area contributed by atoms with Crippen LogP contribution in [0.5, 0.6) is 11.5 Å². The first-order chi connectivity index (χ1) is 21.9. The summed E-state index contributed by atoms with van der Waals surface area (Å²) in [6, 6.07) is 36.0. The Morgan fingerprint density at radius 2 is 1.24 bits per heavy atom. The second-order valence-corrected chi connectivity index (χ2v) is 13.8. The zero-order valence-corrected chi connectivity index (χ0v) is 29.3. The largest absolute Gasteiger partial charge is 0.494 e. The van der Waals surface area contributed by atoms with E-state index in [9.17, 15) is 0 Å². The van der Waals surface area contributed by atoms with Gasteiger partial charge in [-0.25, -0.2) is 0 Å². The molecule has 0 radical (unpaired) electrons. The van der Waals surface area contributed by atoms with Gasteiger partial charge in [0, 0.05) is 16.2 Å². The maximum Gasteiger partial charge on any atom is 0.119 e. The summed E-state index contributed by atoms with van der Waals surface area (Å²) < 4.78 is 12.2. The van der Waals surface area contributed by atoms with Crippen molar-refractivity contribution in [2.45, 2.75) is 72.6 Å². The summed E-state index contributed by atoms with van der Waals surface area (Å²) in [6.45, 7) is 10.6. The first-order valence-electron chi connectivity index (χ1n) is 16.6. The van der Waals surface area contributed by atoms with Gasteiger partial charge in [0.1, 0.15) is 11.5 Å². The summed E-state index contributed by atoms with van der Waals surface area (Å²) in [5, 5.41) is 0.